The van der Waals surface area contributed by atoms with E-state index in [9.17, 15) is 13.6 Å². The molecule has 0 fully saturated rings. The molecule has 0 saturated heterocycles. The standard InChI is InChI=1S/C21H17F2N3O/c1-12-20-18(26-21(24-12)25-17-8-6-16(23)7-9-17)10-14(11-19(20)27)13-2-4-15(22)5-3-13/h2-9,14H,10-11H2,1H3,(H,24,25,26)/t14-/m0/s1. The van der Waals surface area contributed by atoms with Gasteiger partial charge < -0.3 is 5.32 Å². The summed E-state index contributed by atoms with van der Waals surface area (Å²) in [6.07, 6.45) is 0.932. The number of carbonyl (C=O) groups is 1. The summed E-state index contributed by atoms with van der Waals surface area (Å²) in [5.41, 5.74) is 3.44. The van der Waals surface area contributed by atoms with Crippen molar-refractivity contribution in [3.05, 3.63) is 82.7 Å². The Hall–Kier alpha value is -3.15. The monoisotopic (exact) mass is 365 g/mol. The van der Waals surface area contributed by atoms with Crippen molar-refractivity contribution in [3.8, 4) is 0 Å². The second-order valence-corrected chi connectivity index (χ2v) is 6.67. The van der Waals surface area contributed by atoms with Crippen molar-refractivity contribution in [3.63, 3.8) is 0 Å². The third-order valence-corrected chi connectivity index (χ3v) is 4.76. The van der Waals surface area contributed by atoms with Crippen molar-refractivity contribution in [2.45, 2.75) is 25.7 Å². The summed E-state index contributed by atoms with van der Waals surface area (Å²) >= 11 is 0. The van der Waals surface area contributed by atoms with Gasteiger partial charge in [-0.15, -0.1) is 0 Å². The lowest BCUT2D eigenvalue weighted by Crippen LogP contribution is -2.22. The number of nitrogens with zero attached hydrogens (tertiary/aromatic N) is 2. The fourth-order valence-electron chi connectivity index (χ4n) is 3.46. The quantitative estimate of drug-likeness (QED) is 0.730. The maximum atomic E-state index is 13.2. The predicted octanol–water partition coefficient (Wildman–Crippen LogP) is 4.72. The molecule has 1 aliphatic carbocycles. The number of ketones is 1. The summed E-state index contributed by atoms with van der Waals surface area (Å²) in [6.45, 7) is 1.78. The van der Waals surface area contributed by atoms with Gasteiger partial charge in [-0.1, -0.05) is 12.1 Å². The van der Waals surface area contributed by atoms with Gasteiger partial charge in [0.25, 0.3) is 0 Å². The van der Waals surface area contributed by atoms with Gasteiger partial charge in [0, 0.05) is 12.1 Å². The second-order valence-electron chi connectivity index (χ2n) is 6.67. The average Bonchev–Trinajstić information content (AvgIpc) is 2.63. The van der Waals surface area contributed by atoms with Crippen molar-refractivity contribution in [2.24, 2.45) is 0 Å². The number of Topliss-reactive ketones (excluding diaryl/α,β-unsaturated/α-hetero) is 1. The highest BCUT2D eigenvalue weighted by Crippen LogP contribution is 2.33. The molecule has 0 radical (unpaired) electrons. The van der Waals surface area contributed by atoms with E-state index in [0.717, 1.165) is 5.56 Å². The predicted molar refractivity (Wildman–Crippen MR) is 98.2 cm³/mol. The van der Waals surface area contributed by atoms with Gasteiger partial charge in [0.2, 0.25) is 5.95 Å². The van der Waals surface area contributed by atoms with E-state index in [0.29, 0.717) is 41.4 Å². The summed E-state index contributed by atoms with van der Waals surface area (Å²) in [7, 11) is 0. The number of rotatable bonds is 3. The van der Waals surface area contributed by atoms with E-state index in [1.165, 1.54) is 24.3 Å². The van der Waals surface area contributed by atoms with E-state index < -0.39 is 0 Å². The molecule has 0 amide bonds. The van der Waals surface area contributed by atoms with E-state index in [1.54, 1.807) is 31.2 Å². The van der Waals surface area contributed by atoms with Gasteiger partial charge in [0.1, 0.15) is 11.6 Å². The van der Waals surface area contributed by atoms with Crippen molar-refractivity contribution < 1.29 is 13.6 Å². The fourth-order valence-corrected chi connectivity index (χ4v) is 3.46. The van der Waals surface area contributed by atoms with Gasteiger partial charge in [-0.05, 0) is 61.2 Å². The van der Waals surface area contributed by atoms with Crippen LogP contribution in [0.15, 0.2) is 48.5 Å². The molecule has 27 heavy (non-hydrogen) atoms. The normalized spacial score (nSPS) is 16.1. The number of hydrogen-bond acceptors (Lipinski definition) is 4. The molecule has 0 aliphatic heterocycles. The van der Waals surface area contributed by atoms with Crippen molar-refractivity contribution in [1.82, 2.24) is 9.97 Å². The number of nitrogens with one attached hydrogen (secondary N) is 1. The van der Waals surface area contributed by atoms with Crippen LogP contribution in [0.2, 0.25) is 0 Å². The SMILES string of the molecule is Cc1nc(Nc2ccc(F)cc2)nc2c1C(=O)C[C@@H](c1ccc(F)cc1)C2. The molecule has 0 unspecified atom stereocenters. The Kier molecular flexibility index (Phi) is 4.39. The zero-order valence-electron chi connectivity index (χ0n) is 14.7. The van der Waals surface area contributed by atoms with Crippen LogP contribution in [0.5, 0.6) is 0 Å². The van der Waals surface area contributed by atoms with Crippen LogP contribution < -0.4 is 5.32 Å². The minimum absolute atomic E-state index is 0.00333. The van der Waals surface area contributed by atoms with E-state index in [-0.39, 0.29) is 23.3 Å². The number of hydrogen-bond donors (Lipinski definition) is 1. The van der Waals surface area contributed by atoms with Gasteiger partial charge in [-0.25, -0.2) is 18.7 Å². The van der Waals surface area contributed by atoms with Crippen molar-refractivity contribution in [2.75, 3.05) is 5.32 Å². The third kappa shape index (κ3) is 3.56. The second kappa shape index (κ2) is 6.87. The number of fused-ring (bicyclic) bond motifs is 1. The van der Waals surface area contributed by atoms with Crippen LogP contribution in [-0.4, -0.2) is 15.8 Å². The van der Waals surface area contributed by atoms with Crippen LogP contribution in [-0.2, 0) is 6.42 Å². The van der Waals surface area contributed by atoms with Gasteiger partial charge in [-0.2, -0.15) is 0 Å². The lowest BCUT2D eigenvalue weighted by Gasteiger charge is -2.24. The first-order chi connectivity index (χ1) is 13.0. The van der Waals surface area contributed by atoms with Crippen molar-refractivity contribution >= 4 is 17.4 Å². The van der Waals surface area contributed by atoms with Gasteiger partial charge in [-0.3, -0.25) is 4.79 Å². The Balaban J connectivity index is 1.65. The molecule has 0 bridgehead atoms. The molecule has 0 spiro atoms. The summed E-state index contributed by atoms with van der Waals surface area (Å²) in [6, 6.07) is 12.1. The molecule has 1 aromatic heterocycles. The number of benzene rings is 2. The number of carbonyl (C=O) groups excluding carboxylic acids is 1. The number of aromatic nitrogens is 2. The highest BCUT2D eigenvalue weighted by Gasteiger charge is 2.29. The summed E-state index contributed by atoms with van der Waals surface area (Å²) < 4.78 is 26.3. The smallest absolute Gasteiger partial charge is 0.227 e. The largest absolute Gasteiger partial charge is 0.324 e. The molecular formula is C21H17F2N3O. The van der Waals surface area contributed by atoms with Crippen LogP contribution in [0.25, 0.3) is 0 Å². The van der Waals surface area contributed by atoms with Crippen molar-refractivity contribution in [1.29, 1.82) is 0 Å². The third-order valence-electron chi connectivity index (χ3n) is 4.76. The molecular weight excluding hydrogens is 348 g/mol. The molecule has 1 atom stereocenters. The Bertz CT molecular complexity index is 1000. The van der Waals surface area contributed by atoms with Gasteiger partial charge >= 0.3 is 0 Å². The van der Waals surface area contributed by atoms with Crippen LogP contribution in [0, 0.1) is 18.6 Å². The van der Waals surface area contributed by atoms with Crippen LogP contribution in [0.4, 0.5) is 20.4 Å². The summed E-state index contributed by atoms with van der Waals surface area (Å²) in [5.74, 6) is -0.304. The zero-order valence-corrected chi connectivity index (χ0v) is 14.7. The number of halogens is 2. The minimum Gasteiger partial charge on any atom is -0.324 e. The van der Waals surface area contributed by atoms with Gasteiger partial charge in [0.05, 0.1) is 17.0 Å². The number of aryl methyl sites for hydroxylation is 1. The number of anilines is 2. The highest BCUT2D eigenvalue weighted by atomic mass is 19.1. The molecule has 0 saturated carbocycles. The average molecular weight is 365 g/mol. The van der Waals surface area contributed by atoms with E-state index in [1.807, 2.05) is 0 Å². The van der Waals surface area contributed by atoms with Crippen LogP contribution in [0.3, 0.4) is 0 Å². The highest BCUT2D eigenvalue weighted by molar-refractivity contribution is 5.99. The molecule has 1 aliphatic rings. The molecule has 2 aromatic carbocycles. The Labute approximate surface area is 155 Å². The topological polar surface area (TPSA) is 54.9 Å². The molecule has 3 aromatic rings. The van der Waals surface area contributed by atoms with E-state index in [2.05, 4.69) is 15.3 Å². The van der Waals surface area contributed by atoms with Crippen LogP contribution in [0.1, 0.15) is 39.6 Å². The van der Waals surface area contributed by atoms with E-state index in [4.69, 9.17) is 0 Å². The molecule has 4 rings (SSSR count). The maximum Gasteiger partial charge on any atom is 0.227 e. The molecule has 6 heteroatoms. The van der Waals surface area contributed by atoms with Gasteiger partial charge in [0.15, 0.2) is 5.78 Å². The first kappa shape index (κ1) is 17.3. The zero-order chi connectivity index (χ0) is 19.0. The fraction of sp³-hybridized carbons (Fsp3) is 0.190. The lowest BCUT2D eigenvalue weighted by molar-refractivity contribution is 0.0962. The first-order valence-corrected chi connectivity index (χ1v) is 8.68. The van der Waals surface area contributed by atoms with E-state index >= 15 is 0 Å². The summed E-state index contributed by atoms with van der Waals surface area (Å²) in [5, 5.41) is 3.05. The summed E-state index contributed by atoms with van der Waals surface area (Å²) in [4.78, 5) is 21.6. The Morgan fingerprint density at radius 3 is 2.22 bits per heavy atom. The minimum atomic E-state index is -0.323. The Morgan fingerprint density at radius 1 is 0.926 bits per heavy atom. The lowest BCUT2D eigenvalue weighted by atomic mass is 9.81. The molecule has 1 N–H and O–H groups in total. The van der Waals surface area contributed by atoms with Crippen LogP contribution >= 0.6 is 0 Å². The molecule has 4 nitrogen and oxygen atoms in total. The molecule has 1 heterocycles. The maximum absolute atomic E-state index is 13.2. The molecule has 136 valence electrons. The first-order valence-electron chi connectivity index (χ1n) is 8.68. The Morgan fingerprint density at radius 2 is 1.56 bits per heavy atom.